The second-order valence-electron chi connectivity index (χ2n) is 14.1. The van der Waals surface area contributed by atoms with Crippen LogP contribution in [-0.2, 0) is 0 Å². The fourth-order valence-corrected chi connectivity index (χ4v) is 9.22. The Morgan fingerprint density at radius 1 is 0.674 bits per heavy atom. The van der Waals surface area contributed by atoms with Gasteiger partial charge in [0.15, 0.2) is 0 Å². The summed E-state index contributed by atoms with van der Waals surface area (Å²) in [5, 5.41) is 2.87. The number of nitrogens with zero attached hydrogens (tertiary/aromatic N) is 2. The van der Waals surface area contributed by atoms with Crippen molar-refractivity contribution in [3.05, 3.63) is 125 Å². The molecule has 0 N–H and O–H groups in total. The molecule has 6 aliphatic carbocycles. The summed E-state index contributed by atoms with van der Waals surface area (Å²) in [5.74, 6) is 4.06. The van der Waals surface area contributed by atoms with Crippen LogP contribution in [0.3, 0.4) is 0 Å². The van der Waals surface area contributed by atoms with Crippen molar-refractivity contribution in [3.63, 3.8) is 0 Å². The van der Waals surface area contributed by atoms with Crippen LogP contribution >= 0.6 is 0 Å². The van der Waals surface area contributed by atoms with Crippen LogP contribution in [0.5, 0.6) is 0 Å². The molecule has 0 saturated heterocycles. The Hall–Kier alpha value is -4.24. The summed E-state index contributed by atoms with van der Waals surface area (Å²) in [5.41, 5.74) is 14.5. The monoisotopic (exact) mass is 552 g/mol. The Morgan fingerprint density at radius 2 is 1.37 bits per heavy atom. The average molecular weight is 553 g/mol. The van der Waals surface area contributed by atoms with Crippen LogP contribution in [0.25, 0.3) is 45.3 Å². The van der Waals surface area contributed by atoms with E-state index in [9.17, 15) is 0 Å². The Balaban J connectivity index is 1.24. The molecular formula is C40H33BN2. The third-order valence-corrected chi connectivity index (χ3v) is 11.7. The highest BCUT2D eigenvalue weighted by atomic mass is 15.1. The summed E-state index contributed by atoms with van der Waals surface area (Å²) >= 11 is 0. The van der Waals surface area contributed by atoms with Gasteiger partial charge >= 0.3 is 0 Å². The van der Waals surface area contributed by atoms with E-state index in [1.54, 1.807) is 16.7 Å². The zero-order valence-corrected chi connectivity index (χ0v) is 24.4. The van der Waals surface area contributed by atoms with Crippen LogP contribution in [0, 0.1) is 23.7 Å². The fraction of sp³-hybridized carbons (Fsp3) is 0.250. The lowest BCUT2D eigenvalue weighted by Crippen LogP contribution is -2.31. The molecule has 3 fully saturated rings. The number of hydrogen-bond donors (Lipinski definition) is 0. The molecule has 3 aromatic carbocycles. The van der Waals surface area contributed by atoms with Crippen LogP contribution in [0.1, 0.15) is 53.6 Å². The van der Waals surface area contributed by atoms with Gasteiger partial charge in [0.1, 0.15) is 0 Å². The van der Waals surface area contributed by atoms with Crippen LogP contribution in [0.4, 0.5) is 0 Å². The zero-order valence-electron chi connectivity index (χ0n) is 24.4. The lowest BCUT2D eigenvalue weighted by atomic mass is 9.40. The minimum atomic E-state index is 0.434. The first-order valence-corrected chi connectivity index (χ1v) is 16.4. The molecule has 6 atom stereocenters. The van der Waals surface area contributed by atoms with E-state index in [0.717, 1.165) is 0 Å². The van der Waals surface area contributed by atoms with Crippen LogP contribution < -0.4 is 5.46 Å². The molecule has 6 aliphatic rings. The van der Waals surface area contributed by atoms with Gasteiger partial charge < -0.3 is 9.13 Å². The molecule has 0 radical (unpaired) electrons. The lowest BCUT2D eigenvalue weighted by molar-refractivity contribution is 0.887. The van der Waals surface area contributed by atoms with Gasteiger partial charge in [0.05, 0.1) is 16.7 Å². The summed E-state index contributed by atoms with van der Waals surface area (Å²) in [6, 6.07) is 27.2. The van der Waals surface area contributed by atoms with Gasteiger partial charge in [-0.05, 0) is 78.7 Å². The molecule has 0 spiro atoms. The number of allylic oxidation sites excluding steroid dienone is 6. The molecule has 3 saturated carbocycles. The molecule has 43 heavy (non-hydrogen) atoms. The first kappa shape index (κ1) is 23.2. The second kappa shape index (κ2) is 8.02. The van der Waals surface area contributed by atoms with Gasteiger partial charge in [-0.25, -0.2) is 0 Å². The molecule has 0 aliphatic heterocycles. The number of aromatic nitrogens is 2. The SMILES string of the molecule is CB(C1=CC(n2c3c(c4ccc5c6c(n(-c7ccccc7)c5c42)C=CC2CC62)C=CC2CC32)=CC2CC12)c1ccccc1. The van der Waals surface area contributed by atoms with Crippen molar-refractivity contribution in [1.29, 1.82) is 0 Å². The van der Waals surface area contributed by atoms with Crippen molar-refractivity contribution in [1.82, 2.24) is 9.13 Å². The summed E-state index contributed by atoms with van der Waals surface area (Å²) in [4.78, 5) is 0. The fourth-order valence-electron chi connectivity index (χ4n) is 9.22. The summed E-state index contributed by atoms with van der Waals surface area (Å²) in [6.07, 6.45) is 18.9. The first-order valence-electron chi connectivity index (χ1n) is 16.4. The third-order valence-electron chi connectivity index (χ3n) is 11.7. The number of hydrogen-bond acceptors (Lipinski definition) is 0. The van der Waals surface area contributed by atoms with Crippen molar-refractivity contribution < 1.29 is 0 Å². The molecule has 2 nitrogen and oxygen atoms in total. The maximum Gasteiger partial charge on any atom is 0.201 e. The summed E-state index contributed by atoms with van der Waals surface area (Å²) in [6.45, 7) is 2.86. The molecular weight excluding hydrogens is 519 g/mol. The van der Waals surface area contributed by atoms with Crippen molar-refractivity contribution in [3.8, 4) is 5.69 Å². The summed E-state index contributed by atoms with van der Waals surface area (Å²) < 4.78 is 5.36. The maximum atomic E-state index is 2.76. The van der Waals surface area contributed by atoms with Crippen LogP contribution in [0.15, 0.2) is 103 Å². The van der Waals surface area contributed by atoms with Gasteiger partial charge in [-0.1, -0.05) is 103 Å². The van der Waals surface area contributed by atoms with Crippen LogP contribution in [-0.4, -0.2) is 15.8 Å². The Morgan fingerprint density at radius 3 is 2.23 bits per heavy atom. The molecule has 0 bridgehead atoms. The standard InChI is InChI=1S/C40H33BN2/c1-41(26-8-4-2-5-9-26)35-22-28(18-25-21-32(25)35)43-38-29(14-12-24-20-34(24)38)30-15-16-31-37-33-19-23(33)13-17-36(37)42(40(31)39(30)43)27-10-6-3-7-11-27/h2-18,22-25,32-34H,19-21H2,1H3. The molecule has 11 rings (SSSR count). The second-order valence-corrected chi connectivity index (χ2v) is 14.1. The average Bonchev–Trinajstić information content (AvgIpc) is 3.98. The molecule has 2 aromatic heterocycles. The predicted molar refractivity (Wildman–Crippen MR) is 180 cm³/mol. The van der Waals surface area contributed by atoms with E-state index in [2.05, 4.69) is 125 Å². The number of fused-ring (bicyclic) bond motifs is 12. The number of rotatable bonds is 4. The minimum absolute atomic E-state index is 0.434. The van der Waals surface area contributed by atoms with E-state index in [-0.39, 0.29) is 0 Å². The first-order chi connectivity index (χ1) is 21.2. The van der Waals surface area contributed by atoms with Gasteiger partial charge in [-0.2, -0.15) is 0 Å². The molecule has 2 heterocycles. The van der Waals surface area contributed by atoms with Crippen molar-refractivity contribution >= 4 is 51.8 Å². The zero-order chi connectivity index (χ0) is 28.0. The smallest absolute Gasteiger partial charge is 0.201 e. The van der Waals surface area contributed by atoms with Gasteiger partial charge in [0, 0.05) is 39.3 Å². The summed E-state index contributed by atoms with van der Waals surface area (Å²) in [7, 11) is 0. The molecule has 6 unspecified atom stereocenters. The van der Waals surface area contributed by atoms with E-state index >= 15 is 0 Å². The Bertz CT molecular complexity index is 2150. The quantitative estimate of drug-likeness (QED) is 0.197. The predicted octanol–water partition coefficient (Wildman–Crippen LogP) is 8.83. The Labute approximate surface area is 252 Å². The van der Waals surface area contributed by atoms with Crippen molar-refractivity contribution in [2.24, 2.45) is 23.7 Å². The maximum absolute atomic E-state index is 2.76. The molecule has 206 valence electrons. The lowest BCUT2D eigenvalue weighted by Gasteiger charge is -2.22. The van der Waals surface area contributed by atoms with Crippen molar-refractivity contribution in [2.75, 3.05) is 0 Å². The van der Waals surface area contributed by atoms with Crippen molar-refractivity contribution in [2.45, 2.75) is 37.9 Å². The molecule has 3 heteroatoms. The van der Waals surface area contributed by atoms with E-state index in [1.165, 1.54) is 69.2 Å². The highest BCUT2D eigenvalue weighted by Crippen LogP contribution is 2.60. The van der Waals surface area contributed by atoms with E-state index in [0.29, 0.717) is 42.2 Å². The van der Waals surface area contributed by atoms with Crippen LogP contribution in [0.2, 0.25) is 6.82 Å². The highest BCUT2D eigenvalue weighted by molar-refractivity contribution is 6.79. The highest BCUT2D eigenvalue weighted by Gasteiger charge is 2.47. The number of para-hydroxylation sites is 1. The van der Waals surface area contributed by atoms with E-state index in [4.69, 9.17) is 0 Å². The van der Waals surface area contributed by atoms with E-state index in [1.807, 2.05) is 0 Å². The minimum Gasteiger partial charge on any atom is -0.311 e. The topological polar surface area (TPSA) is 9.86 Å². The largest absolute Gasteiger partial charge is 0.311 e. The van der Waals surface area contributed by atoms with Gasteiger partial charge in [0.25, 0.3) is 0 Å². The van der Waals surface area contributed by atoms with E-state index < -0.39 is 0 Å². The van der Waals surface area contributed by atoms with Gasteiger partial charge in [0.2, 0.25) is 6.71 Å². The van der Waals surface area contributed by atoms with Gasteiger partial charge in [-0.3, -0.25) is 0 Å². The third kappa shape index (κ3) is 3.10. The molecule has 0 amide bonds. The van der Waals surface area contributed by atoms with Gasteiger partial charge in [-0.15, -0.1) is 0 Å². The normalized spacial score (nSPS) is 28.4. The number of benzene rings is 3. The Kier molecular flexibility index (Phi) is 4.34. The molecule has 5 aromatic rings.